The van der Waals surface area contributed by atoms with Crippen molar-refractivity contribution in [1.29, 1.82) is 0 Å². The van der Waals surface area contributed by atoms with Gasteiger partial charge in [-0.05, 0) is 50.0 Å². The summed E-state index contributed by atoms with van der Waals surface area (Å²) in [5.74, 6) is 9.10. The van der Waals surface area contributed by atoms with Crippen molar-refractivity contribution in [3.63, 3.8) is 0 Å². The van der Waals surface area contributed by atoms with Crippen LogP contribution in [-0.4, -0.2) is 35.3 Å². The molecule has 132 valence electrons. The Morgan fingerprint density at radius 2 is 1.92 bits per heavy atom. The van der Waals surface area contributed by atoms with E-state index < -0.39 is 30.1 Å². The highest BCUT2D eigenvalue weighted by Crippen LogP contribution is 2.08. The van der Waals surface area contributed by atoms with Gasteiger partial charge in [0.15, 0.2) is 0 Å². The van der Waals surface area contributed by atoms with Gasteiger partial charge >= 0.3 is 0 Å². The normalized spacial score (nSPS) is 11.2. The van der Waals surface area contributed by atoms with E-state index in [1.54, 1.807) is 26.0 Å². The van der Waals surface area contributed by atoms with E-state index in [4.69, 9.17) is 10.9 Å². The van der Waals surface area contributed by atoms with Crippen molar-refractivity contribution in [1.82, 2.24) is 10.8 Å². The number of rotatable bonds is 5. The highest BCUT2D eigenvalue weighted by Gasteiger charge is 2.33. The van der Waals surface area contributed by atoms with Crippen molar-refractivity contribution >= 4 is 11.8 Å². The number of alkyl halides is 1. The van der Waals surface area contributed by atoms with Crippen molar-refractivity contribution in [2.45, 2.75) is 31.8 Å². The molecule has 0 bridgehead atoms. The van der Waals surface area contributed by atoms with Gasteiger partial charge in [0.1, 0.15) is 12.7 Å². The monoisotopic (exact) mass is 345 g/mol. The van der Waals surface area contributed by atoms with Gasteiger partial charge in [0.05, 0.1) is 0 Å². The van der Waals surface area contributed by atoms with Crippen molar-refractivity contribution in [2.24, 2.45) is 5.73 Å². The molecule has 0 heterocycles. The molecule has 1 atom stereocenters. The third-order valence-electron chi connectivity index (χ3n) is 3.12. The summed E-state index contributed by atoms with van der Waals surface area (Å²) in [5.41, 5.74) is 7.20. The van der Waals surface area contributed by atoms with Crippen molar-refractivity contribution in [3.8, 4) is 23.7 Å². The Balaban J connectivity index is 2.83. The molecule has 5 N–H and O–H groups in total. The topological polar surface area (TPSA) is 104 Å². The zero-order chi connectivity index (χ0) is 18.9. The molecule has 0 saturated carbocycles. The Morgan fingerprint density at radius 3 is 2.44 bits per heavy atom. The molecule has 0 aromatic heterocycles. The summed E-state index contributed by atoms with van der Waals surface area (Å²) in [6.45, 7) is 2.60. The molecule has 1 rings (SSSR count). The third kappa shape index (κ3) is 6.64. The molecule has 0 radical (unpaired) electrons. The summed E-state index contributed by atoms with van der Waals surface area (Å²) in [7, 11) is 0. The first-order chi connectivity index (χ1) is 11.8. The lowest BCUT2D eigenvalue weighted by Crippen LogP contribution is -2.61. The second-order valence-electron chi connectivity index (χ2n) is 5.77. The molecule has 0 aliphatic carbocycles. The molecule has 7 heteroatoms. The van der Waals surface area contributed by atoms with E-state index in [1.807, 2.05) is 0 Å². The van der Waals surface area contributed by atoms with E-state index in [1.165, 1.54) is 17.6 Å². The van der Waals surface area contributed by atoms with Gasteiger partial charge in [0, 0.05) is 23.1 Å². The smallest absolute Gasteiger partial charge is 0.267 e. The SMILES string of the molecule is CC(C)(N)[C@H](NC(=O)c1ccc(C#CC#CCCF)cc1)C(=O)NO. The van der Waals surface area contributed by atoms with E-state index in [2.05, 4.69) is 29.0 Å². The minimum absolute atomic E-state index is 0.147. The van der Waals surface area contributed by atoms with Crippen LogP contribution in [0.5, 0.6) is 0 Å². The maximum absolute atomic E-state index is 12.2. The molecule has 0 aliphatic heterocycles. The maximum atomic E-state index is 12.2. The van der Waals surface area contributed by atoms with Crippen LogP contribution in [0.3, 0.4) is 0 Å². The second kappa shape index (κ2) is 9.43. The number of nitrogens with two attached hydrogens (primary N) is 1. The Bertz CT molecular complexity index is 731. The number of carbonyl (C=O) groups is 2. The van der Waals surface area contributed by atoms with Gasteiger partial charge in [-0.25, -0.2) is 5.48 Å². The number of hydrogen-bond donors (Lipinski definition) is 4. The Morgan fingerprint density at radius 1 is 1.28 bits per heavy atom. The predicted molar refractivity (Wildman–Crippen MR) is 91.1 cm³/mol. The van der Waals surface area contributed by atoms with Gasteiger partial charge in [0.2, 0.25) is 0 Å². The van der Waals surface area contributed by atoms with E-state index in [0.717, 1.165) is 0 Å². The van der Waals surface area contributed by atoms with Crippen LogP contribution < -0.4 is 16.5 Å². The summed E-state index contributed by atoms with van der Waals surface area (Å²) in [6.07, 6.45) is 0.147. The lowest BCUT2D eigenvalue weighted by molar-refractivity contribution is -0.132. The van der Waals surface area contributed by atoms with Crippen LogP contribution in [0, 0.1) is 23.7 Å². The quantitative estimate of drug-likeness (QED) is 0.359. The van der Waals surface area contributed by atoms with E-state index in [9.17, 15) is 14.0 Å². The Labute approximate surface area is 145 Å². The minimum Gasteiger partial charge on any atom is -0.338 e. The molecular weight excluding hydrogens is 325 g/mol. The van der Waals surface area contributed by atoms with Crippen molar-refractivity contribution < 1.29 is 19.2 Å². The lowest BCUT2D eigenvalue weighted by atomic mass is 9.95. The van der Waals surface area contributed by atoms with Crippen LogP contribution in [0.4, 0.5) is 4.39 Å². The summed E-state index contributed by atoms with van der Waals surface area (Å²) in [5, 5.41) is 11.3. The zero-order valence-electron chi connectivity index (χ0n) is 14.0. The Kier molecular flexibility index (Phi) is 7.61. The zero-order valence-corrected chi connectivity index (χ0v) is 14.0. The minimum atomic E-state index is -1.12. The molecule has 0 saturated heterocycles. The first kappa shape index (κ1) is 20.2. The highest BCUT2D eigenvalue weighted by molar-refractivity contribution is 5.97. The predicted octanol–water partition coefficient (Wildman–Crippen LogP) is 0.742. The fraction of sp³-hybridized carbons (Fsp3) is 0.333. The number of benzene rings is 1. The number of hydrogen-bond acceptors (Lipinski definition) is 4. The summed E-state index contributed by atoms with van der Waals surface area (Å²) >= 11 is 0. The molecule has 0 unspecified atom stereocenters. The van der Waals surface area contributed by atoms with E-state index in [-0.39, 0.29) is 6.42 Å². The van der Waals surface area contributed by atoms with Crippen LogP contribution >= 0.6 is 0 Å². The van der Waals surface area contributed by atoms with Crippen molar-refractivity contribution in [2.75, 3.05) is 6.67 Å². The summed E-state index contributed by atoms with van der Waals surface area (Å²) < 4.78 is 11.9. The maximum Gasteiger partial charge on any atom is 0.267 e. The molecular formula is C18H20FN3O3. The molecule has 1 aromatic carbocycles. The lowest BCUT2D eigenvalue weighted by Gasteiger charge is -2.29. The van der Waals surface area contributed by atoms with Gasteiger partial charge in [-0.2, -0.15) is 0 Å². The van der Waals surface area contributed by atoms with Crippen LogP contribution in [0.1, 0.15) is 36.2 Å². The number of amides is 2. The Hall–Kier alpha value is -2.87. The molecule has 1 aromatic rings. The fourth-order valence-corrected chi connectivity index (χ4v) is 1.83. The standard InChI is InChI=1S/C18H20FN3O3/c1-18(2,20)15(17(24)22-25)21-16(23)14-10-8-13(9-11-14)7-5-3-4-6-12-19/h8-11,15,25H,6,12,20H2,1-2H3,(H,21,23)(H,22,24)/t15-/m1/s1. The summed E-state index contributed by atoms with van der Waals surface area (Å²) in [6, 6.07) is 5.19. The van der Waals surface area contributed by atoms with Crippen LogP contribution in [0.25, 0.3) is 0 Å². The average Bonchev–Trinajstić information content (AvgIpc) is 2.58. The van der Waals surface area contributed by atoms with Crippen molar-refractivity contribution in [3.05, 3.63) is 35.4 Å². The van der Waals surface area contributed by atoms with Crippen LogP contribution in [0.2, 0.25) is 0 Å². The second-order valence-corrected chi connectivity index (χ2v) is 5.77. The number of carbonyl (C=O) groups excluding carboxylic acids is 2. The van der Waals surface area contributed by atoms with Gasteiger partial charge in [-0.3, -0.25) is 19.2 Å². The molecule has 6 nitrogen and oxygen atoms in total. The van der Waals surface area contributed by atoms with Gasteiger partial charge < -0.3 is 11.1 Å². The van der Waals surface area contributed by atoms with Gasteiger partial charge in [0.25, 0.3) is 11.8 Å². The molecule has 25 heavy (non-hydrogen) atoms. The summed E-state index contributed by atoms with van der Waals surface area (Å²) in [4.78, 5) is 23.9. The number of nitrogens with one attached hydrogen (secondary N) is 2. The van der Waals surface area contributed by atoms with Gasteiger partial charge in [-0.15, -0.1) is 0 Å². The third-order valence-corrected chi connectivity index (χ3v) is 3.12. The largest absolute Gasteiger partial charge is 0.338 e. The highest BCUT2D eigenvalue weighted by atomic mass is 19.1. The molecule has 0 fully saturated rings. The average molecular weight is 345 g/mol. The molecule has 0 aliphatic rings. The van der Waals surface area contributed by atoms with Crippen LogP contribution in [0.15, 0.2) is 24.3 Å². The molecule has 2 amide bonds. The first-order valence-corrected chi connectivity index (χ1v) is 7.48. The molecule has 0 spiro atoms. The number of hydroxylamine groups is 1. The van der Waals surface area contributed by atoms with Gasteiger partial charge in [-0.1, -0.05) is 11.8 Å². The van der Waals surface area contributed by atoms with E-state index in [0.29, 0.717) is 11.1 Å². The fourth-order valence-electron chi connectivity index (χ4n) is 1.83. The first-order valence-electron chi connectivity index (χ1n) is 7.48. The number of halogens is 1. The van der Waals surface area contributed by atoms with E-state index >= 15 is 0 Å². The van der Waals surface area contributed by atoms with Crippen LogP contribution in [-0.2, 0) is 4.79 Å².